The Balaban J connectivity index is 1.27. The second kappa shape index (κ2) is 15.6. The standard InChI is InChI=1S/C35H37FN6O7S/c1-3-8-41-18-32(43)40-30-16-42(33(44)5-4-27-6-7-38-49-27)17-31(30)47-19-22-9-25(36)14-28(10-22)48-29-12-23(11-24(13-29)35(41)46)34(45)37-15-26-20-50-21(2)39-26/h6-7,9-14,20,30-31H,3-5,8,15-19H2,1-2H3,(H,37,45)(H,40,43)/t30-,31-/m1/s1. The number of aromatic nitrogens is 2. The van der Waals surface area contributed by atoms with Crippen LogP contribution in [0.3, 0.4) is 0 Å². The van der Waals surface area contributed by atoms with Gasteiger partial charge in [0.15, 0.2) is 0 Å². The number of amides is 4. The third-order valence-corrected chi connectivity index (χ3v) is 9.12. The second-order valence-electron chi connectivity index (χ2n) is 12.2. The fourth-order valence-electron chi connectivity index (χ4n) is 5.95. The first-order valence-corrected chi connectivity index (χ1v) is 17.2. The third-order valence-electron chi connectivity index (χ3n) is 8.30. The van der Waals surface area contributed by atoms with Gasteiger partial charge in [-0.15, -0.1) is 11.3 Å². The van der Waals surface area contributed by atoms with Crippen LogP contribution in [0.15, 0.2) is 58.6 Å². The lowest BCUT2D eigenvalue weighted by Gasteiger charge is -2.25. The van der Waals surface area contributed by atoms with Crippen molar-refractivity contribution in [3.05, 3.63) is 93.0 Å². The van der Waals surface area contributed by atoms with Crippen LogP contribution in [-0.4, -0.2) is 81.9 Å². The zero-order valence-electron chi connectivity index (χ0n) is 27.6. The van der Waals surface area contributed by atoms with Crippen molar-refractivity contribution in [1.82, 2.24) is 30.6 Å². The van der Waals surface area contributed by atoms with E-state index in [1.165, 1.54) is 52.8 Å². The molecule has 13 nitrogen and oxygen atoms in total. The molecule has 4 amide bonds. The summed E-state index contributed by atoms with van der Waals surface area (Å²) in [7, 11) is 0. The topological polar surface area (TPSA) is 156 Å². The van der Waals surface area contributed by atoms with Crippen LogP contribution < -0.4 is 15.4 Å². The number of aryl methyl sites for hydroxylation is 2. The minimum Gasteiger partial charge on any atom is -0.457 e. The number of carbonyl (C=O) groups is 4. The molecule has 4 bridgehead atoms. The number of likely N-dealkylation sites (tertiary alicyclic amines) is 1. The summed E-state index contributed by atoms with van der Waals surface area (Å²) in [6.45, 7) is 4.28. The van der Waals surface area contributed by atoms with Gasteiger partial charge in [-0.25, -0.2) is 9.37 Å². The maximum atomic E-state index is 14.9. The summed E-state index contributed by atoms with van der Waals surface area (Å²) in [4.78, 5) is 61.3. The minimum absolute atomic E-state index is 0.0323. The first-order chi connectivity index (χ1) is 24.1. The van der Waals surface area contributed by atoms with E-state index in [1.807, 2.05) is 19.2 Å². The Hall–Kier alpha value is -5.15. The average molecular weight is 705 g/mol. The highest BCUT2D eigenvalue weighted by atomic mass is 32.1. The summed E-state index contributed by atoms with van der Waals surface area (Å²) in [6.07, 6.45) is 2.01. The summed E-state index contributed by atoms with van der Waals surface area (Å²) in [6, 6.07) is 9.58. The smallest absolute Gasteiger partial charge is 0.254 e. The molecule has 6 rings (SSSR count). The van der Waals surface area contributed by atoms with Crippen LogP contribution in [0.25, 0.3) is 0 Å². The number of ether oxygens (including phenoxy) is 2. The number of thiazole rings is 1. The number of nitrogens with one attached hydrogen (secondary N) is 2. The summed E-state index contributed by atoms with van der Waals surface area (Å²) in [5.74, 6) is -1.28. The molecule has 262 valence electrons. The number of hydrogen-bond donors (Lipinski definition) is 2. The molecule has 2 aliphatic rings. The molecule has 0 saturated carbocycles. The molecule has 4 heterocycles. The van der Waals surface area contributed by atoms with Gasteiger partial charge in [-0.05, 0) is 49.2 Å². The number of rotatable bonds is 8. The predicted molar refractivity (Wildman–Crippen MR) is 179 cm³/mol. The number of carbonyl (C=O) groups excluding carboxylic acids is 4. The van der Waals surface area contributed by atoms with Crippen LogP contribution in [0.5, 0.6) is 11.5 Å². The number of nitrogens with zero attached hydrogens (tertiary/aromatic N) is 4. The molecule has 2 atom stereocenters. The second-order valence-corrected chi connectivity index (χ2v) is 13.3. The van der Waals surface area contributed by atoms with E-state index >= 15 is 0 Å². The molecule has 0 aliphatic carbocycles. The van der Waals surface area contributed by atoms with E-state index in [2.05, 4.69) is 20.8 Å². The molecule has 2 N–H and O–H groups in total. The Morgan fingerprint density at radius 2 is 1.96 bits per heavy atom. The lowest BCUT2D eigenvalue weighted by molar-refractivity contribution is -0.131. The van der Waals surface area contributed by atoms with Gasteiger partial charge < -0.3 is 34.4 Å². The van der Waals surface area contributed by atoms with E-state index in [1.54, 1.807) is 17.0 Å². The molecule has 50 heavy (non-hydrogen) atoms. The van der Waals surface area contributed by atoms with Crippen molar-refractivity contribution in [2.45, 2.75) is 58.4 Å². The van der Waals surface area contributed by atoms with E-state index in [0.717, 1.165) is 5.01 Å². The van der Waals surface area contributed by atoms with Gasteiger partial charge in [0.2, 0.25) is 11.8 Å². The molecule has 0 radical (unpaired) electrons. The normalized spacial score (nSPS) is 18.0. The first kappa shape index (κ1) is 34.7. The van der Waals surface area contributed by atoms with Gasteiger partial charge in [0.25, 0.3) is 11.8 Å². The number of fused-ring (bicyclic) bond motifs is 5. The maximum Gasteiger partial charge on any atom is 0.254 e. The molecular weight excluding hydrogens is 667 g/mol. The highest BCUT2D eigenvalue weighted by Gasteiger charge is 2.37. The van der Waals surface area contributed by atoms with Crippen molar-refractivity contribution in [3.63, 3.8) is 0 Å². The first-order valence-electron chi connectivity index (χ1n) is 16.3. The van der Waals surface area contributed by atoms with Gasteiger partial charge in [0.05, 0.1) is 48.7 Å². The van der Waals surface area contributed by atoms with Gasteiger partial charge in [-0.1, -0.05) is 12.1 Å². The van der Waals surface area contributed by atoms with Crippen molar-refractivity contribution < 1.29 is 37.6 Å². The van der Waals surface area contributed by atoms with Crippen LogP contribution >= 0.6 is 11.3 Å². The van der Waals surface area contributed by atoms with E-state index in [4.69, 9.17) is 14.0 Å². The molecule has 1 fully saturated rings. The Kier molecular flexibility index (Phi) is 10.8. The van der Waals surface area contributed by atoms with E-state index in [0.29, 0.717) is 29.9 Å². The monoisotopic (exact) mass is 704 g/mol. The van der Waals surface area contributed by atoms with Crippen molar-refractivity contribution in [2.75, 3.05) is 26.2 Å². The van der Waals surface area contributed by atoms with Crippen molar-refractivity contribution >= 4 is 35.0 Å². The lowest BCUT2D eigenvalue weighted by Crippen LogP contribution is -2.49. The number of benzene rings is 2. The van der Waals surface area contributed by atoms with Gasteiger partial charge in [0, 0.05) is 61.1 Å². The lowest BCUT2D eigenvalue weighted by atomic mass is 10.1. The molecule has 4 aromatic rings. The van der Waals surface area contributed by atoms with Crippen LogP contribution in [0.1, 0.15) is 62.5 Å². The van der Waals surface area contributed by atoms with Crippen molar-refractivity contribution in [1.29, 1.82) is 0 Å². The molecule has 2 aliphatic heterocycles. The Morgan fingerprint density at radius 1 is 1.12 bits per heavy atom. The molecule has 2 aromatic heterocycles. The fourth-order valence-corrected chi connectivity index (χ4v) is 6.56. The van der Waals surface area contributed by atoms with Gasteiger partial charge in [0.1, 0.15) is 23.1 Å². The Morgan fingerprint density at radius 3 is 2.72 bits per heavy atom. The summed E-state index contributed by atoms with van der Waals surface area (Å²) < 4.78 is 32.2. The molecule has 1 saturated heterocycles. The van der Waals surface area contributed by atoms with Crippen LogP contribution in [0, 0.1) is 12.7 Å². The zero-order chi connectivity index (χ0) is 35.2. The molecule has 0 unspecified atom stereocenters. The quantitative estimate of drug-likeness (QED) is 0.277. The third kappa shape index (κ3) is 8.71. The predicted octanol–water partition coefficient (Wildman–Crippen LogP) is 4.01. The highest BCUT2D eigenvalue weighted by Crippen LogP contribution is 2.28. The maximum absolute atomic E-state index is 14.9. The minimum atomic E-state index is -0.606. The molecule has 15 heteroatoms. The van der Waals surface area contributed by atoms with Gasteiger partial charge >= 0.3 is 0 Å². The Labute approximate surface area is 291 Å². The average Bonchev–Trinajstić information content (AvgIpc) is 3.86. The molecule has 0 spiro atoms. The number of hydrogen-bond acceptors (Lipinski definition) is 10. The largest absolute Gasteiger partial charge is 0.457 e. The number of halogens is 1. The summed E-state index contributed by atoms with van der Waals surface area (Å²) in [5.41, 5.74) is 1.41. The van der Waals surface area contributed by atoms with Crippen molar-refractivity contribution in [2.24, 2.45) is 0 Å². The Bertz CT molecular complexity index is 1870. The van der Waals surface area contributed by atoms with Gasteiger partial charge in [-0.2, -0.15) is 0 Å². The van der Waals surface area contributed by atoms with Gasteiger partial charge in [-0.3, -0.25) is 19.2 Å². The SMILES string of the molecule is CCCN1CC(=O)N[C@@H]2CN(C(=O)CCc3ccno3)C[C@H]2OCc2cc(F)cc(c2)Oc2cc(C(=O)NCc3csc(C)n3)cc(c2)C1=O. The van der Waals surface area contributed by atoms with E-state index in [9.17, 15) is 23.6 Å². The van der Waals surface area contributed by atoms with E-state index < -0.39 is 35.7 Å². The summed E-state index contributed by atoms with van der Waals surface area (Å²) in [5, 5.41) is 12.2. The van der Waals surface area contributed by atoms with E-state index in [-0.39, 0.29) is 74.3 Å². The van der Waals surface area contributed by atoms with Crippen molar-refractivity contribution in [3.8, 4) is 11.5 Å². The summed E-state index contributed by atoms with van der Waals surface area (Å²) >= 11 is 1.47. The zero-order valence-corrected chi connectivity index (χ0v) is 28.5. The van der Waals surface area contributed by atoms with Crippen LogP contribution in [0.2, 0.25) is 0 Å². The van der Waals surface area contributed by atoms with Crippen LogP contribution in [0.4, 0.5) is 4.39 Å². The molecular formula is C35H37FN6O7S. The highest BCUT2D eigenvalue weighted by molar-refractivity contribution is 7.09. The molecule has 2 aromatic carbocycles. The fraction of sp³-hybridized carbons (Fsp3) is 0.371. The van der Waals surface area contributed by atoms with Crippen LogP contribution in [-0.2, 0) is 33.9 Å².